The first-order valence-corrected chi connectivity index (χ1v) is 7.86. The van der Waals surface area contributed by atoms with Crippen LogP contribution >= 0.6 is 0 Å². The van der Waals surface area contributed by atoms with E-state index in [4.69, 9.17) is 5.11 Å². The van der Waals surface area contributed by atoms with Crippen molar-refractivity contribution in [1.82, 2.24) is 0 Å². The third-order valence-electron chi connectivity index (χ3n) is 2.95. The van der Waals surface area contributed by atoms with Crippen molar-refractivity contribution in [1.29, 1.82) is 0 Å². The van der Waals surface area contributed by atoms with Gasteiger partial charge in [-0.05, 0) is 49.4 Å². The van der Waals surface area contributed by atoms with Crippen LogP contribution in [0.15, 0.2) is 18.2 Å². The van der Waals surface area contributed by atoms with Crippen LogP contribution in [0.4, 0.5) is 5.69 Å². The smallest absolute Gasteiger partial charge is 0.232 e. The summed E-state index contributed by atoms with van der Waals surface area (Å²) < 4.78 is 26.3. The molecule has 1 saturated carbocycles. The van der Waals surface area contributed by atoms with Gasteiger partial charge in [0.15, 0.2) is 0 Å². The van der Waals surface area contributed by atoms with Gasteiger partial charge in [-0.3, -0.25) is 4.72 Å². The van der Waals surface area contributed by atoms with E-state index in [0.717, 1.165) is 24.0 Å². The Labute approximate surface area is 113 Å². The summed E-state index contributed by atoms with van der Waals surface area (Å²) in [6.45, 7) is 1.68. The molecule has 2 rings (SSSR count). The molecule has 0 spiro atoms. The molecule has 102 valence electrons. The van der Waals surface area contributed by atoms with E-state index in [1.54, 1.807) is 18.2 Å². The lowest BCUT2D eigenvalue weighted by Gasteiger charge is -2.09. The first-order valence-electron chi connectivity index (χ1n) is 6.21. The summed E-state index contributed by atoms with van der Waals surface area (Å²) in [5, 5.41) is 8.65. The van der Waals surface area contributed by atoms with Crippen LogP contribution in [0, 0.1) is 24.7 Å². The molecule has 1 aliphatic carbocycles. The highest BCUT2D eigenvalue weighted by molar-refractivity contribution is 7.92. The second-order valence-electron chi connectivity index (χ2n) is 4.82. The van der Waals surface area contributed by atoms with E-state index >= 15 is 0 Å². The number of anilines is 1. The number of hydrogen-bond donors (Lipinski definition) is 2. The molecule has 1 aliphatic rings. The molecule has 0 atom stereocenters. The number of aliphatic hydroxyl groups excluding tert-OH is 1. The number of nitrogens with one attached hydrogen (secondary N) is 1. The quantitative estimate of drug-likeness (QED) is 0.821. The van der Waals surface area contributed by atoms with Crippen molar-refractivity contribution in [2.24, 2.45) is 5.92 Å². The van der Waals surface area contributed by atoms with Gasteiger partial charge in [0.05, 0.1) is 5.75 Å². The van der Waals surface area contributed by atoms with Crippen molar-refractivity contribution in [3.8, 4) is 11.8 Å². The number of sulfonamides is 1. The third kappa shape index (κ3) is 4.27. The van der Waals surface area contributed by atoms with Crippen LogP contribution in [-0.2, 0) is 10.0 Å². The molecule has 4 nitrogen and oxygen atoms in total. The fraction of sp³-hybridized carbons (Fsp3) is 0.429. The largest absolute Gasteiger partial charge is 0.384 e. The van der Waals surface area contributed by atoms with Crippen LogP contribution in [-0.4, -0.2) is 25.9 Å². The number of benzene rings is 1. The van der Waals surface area contributed by atoms with E-state index in [1.807, 2.05) is 6.92 Å². The van der Waals surface area contributed by atoms with Crippen LogP contribution in [0.25, 0.3) is 0 Å². The molecule has 0 unspecified atom stereocenters. The molecule has 2 N–H and O–H groups in total. The Bertz CT molecular complexity index is 622. The molecule has 0 saturated heterocycles. The molecular weight excluding hydrogens is 262 g/mol. The maximum Gasteiger partial charge on any atom is 0.232 e. The van der Waals surface area contributed by atoms with Crippen molar-refractivity contribution >= 4 is 15.7 Å². The Morgan fingerprint density at radius 3 is 2.74 bits per heavy atom. The highest BCUT2D eigenvalue weighted by Crippen LogP contribution is 2.30. The minimum Gasteiger partial charge on any atom is -0.384 e. The van der Waals surface area contributed by atoms with E-state index < -0.39 is 10.0 Å². The lowest BCUT2D eigenvalue weighted by molar-refractivity contribution is 0.350. The predicted molar refractivity (Wildman–Crippen MR) is 75.3 cm³/mol. The Hall–Kier alpha value is -1.51. The van der Waals surface area contributed by atoms with Crippen molar-refractivity contribution in [2.75, 3.05) is 17.1 Å². The van der Waals surface area contributed by atoms with Crippen LogP contribution in [0.3, 0.4) is 0 Å². The van der Waals surface area contributed by atoms with Gasteiger partial charge in [0.25, 0.3) is 0 Å². The van der Waals surface area contributed by atoms with Crippen molar-refractivity contribution < 1.29 is 13.5 Å². The summed E-state index contributed by atoms with van der Waals surface area (Å²) >= 11 is 0. The van der Waals surface area contributed by atoms with Gasteiger partial charge in [0.2, 0.25) is 10.0 Å². The summed E-state index contributed by atoms with van der Waals surface area (Å²) in [5.41, 5.74) is 2.24. The van der Waals surface area contributed by atoms with Gasteiger partial charge >= 0.3 is 0 Å². The molecule has 0 aromatic heterocycles. The fourth-order valence-electron chi connectivity index (χ4n) is 1.82. The molecule has 0 amide bonds. The molecule has 5 heteroatoms. The Kier molecular flexibility index (Phi) is 4.13. The Balaban J connectivity index is 2.11. The second kappa shape index (κ2) is 5.64. The number of rotatable bonds is 4. The number of hydrogen-bond acceptors (Lipinski definition) is 3. The highest BCUT2D eigenvalue weighted by atomic mass is 32.2. The van der Waals surface area contributed by atoms with Gasteiger partial charge in [0.1, 0.15) is 6.61 Å². The van der Waals surface area contributed by atoms with E-state index in [0.29, 0.717) is 11.6 Å². The first kappa shape index (κ1) is 13.9. The normalized spacial score (nSPS) is 14.6. The van der Waals surface area contributed by atoms with Gasteiger partial charge in [0, 0.05) is 11.3 Å². The lowest BCUT2D eigenvalue weighted by atomic mass is 10.1. The van der Waals surface area contributed by atoms with Crippen LogP contribution in [0.5, 0.6) is 0 Å². The predicted octanol–water partition coefficient (Wildman–Crippen LogP) is 1.49. The lowest BCUT2D eigenvalue weighted by Crippen LogP contribution is -2.17. The monoisotopic (exact) mass is 279 g/mol. The van der Waals surface area contributed by atoms with E-state index in [2.05, 4.69) is 16.6 Å². The van der Waals surface area contributed by atoms with Crippen LogP contribution in [0.1, 0.15) is 24.0 Å². The zero-order valence-corrected chi connectivity index (χ0v) is 11.6. The van der Waals surface area contributed by atoms with Gasteiger partial charge in [-0.25, -0.2) is 8.42 Å². The molecule has 0 heterocycles. The number of aliphatic hydroxyl groups is 1. The topological polar surface area (TPSA) is 66.4 Å². The summed E-state index contributed by atoms with van der Waals surface area (Å²) in [6.07, 6.45) is 2.02. The molecule has 0 aliphatic heterocycles. The molecule has 1 aromatic carbocycles. The second-order valence-corrected chi connectivity index (χ2v) is 6.58. The summed E-state index contributed by atoms with van der Waals surface area (Å²) in [4.78, 5) is 0. The average molecular weight is 279 g/mol. The zero-order valence-electron chi connectivity index (χ0n) is 10.8. The maximum atomic E-state index is 11.8. The average Bonchev–Trinajstić information content (AvgIpc) is 3.10. The summed E-state index contributed by atoms with van der Waals surface area (Å²) in [5.74, 6) is 5.93. The van der Waals surface area contributed by atoms with Gasteiger partial charge in [-0.2, -0.15) is 0 Å². The molecular formula is C14H17NO3S. The van der Waals surface area contributed by atoms with Gasteiger partial charge in [-0.1, -0.05) is 11.8 Å². The minimum absolute atomic E-state index is 0.185. The van der Waals surface area contributed by atoms with E-state index in [9.17, 15) is 8.42 Å². The molecule has 0 bridgehead atoms. The van der Waals surface area contributed by atoms with Crippen LogP contribution in [0.2, 0.25) is 0 Å². The molecule has 0 radical (unpaired) electrons. The molecule has 1 aromatic rings. The Morgan fingerprint density at radius 1 is 1.42 bits per heavy atom. The fourth-order valence-corrected chi connectivity index (χ4v) is 3.34. The SMILES string of the molecule is Cc1cc(NS(=O)(=O)CC2CC2)ccc1C#CCO. The van der Waals surface area contributed by atoms with Gasteiger partial charge < -0.3 is 5.11 Å². The minimum atomic E-state index is -3.24. The molecule has 1 fully saturated rings. The molecule has 19 heavy (non-hydrogen) atoms. The van der Waals surface area contributed by atoms with Crippen molar-refractivity contribution in [3.63, 3.8) is 0 Å². The summed E-state index contributed by atoms with van der Waals surface area (Å²) in [7, 11) is -3.24. The zero-order chi connectivity index (χ0) is 13.9. The van der Waals surface area contributed by atoms with Crippen molar-refractivity contribution in [3.05, 3.63) is 29.3 Å². The summed E-state index contributed by atoms with van der Waals surface area (Å²) in [6, 6.07) is 5.21. The highest BCUT2D eigenvalue weighted by Gasteiger charge is 2.27. The first-order chi connectivity index (χ1) is 9.00. The Morgan fingerprint density at radius 2 is 2.16 bits per heavy atom. The number of aryl methyl sites for hydroxylation is 1. The standard InChI is InChI=1S/C14H17NO3S/c1-11-9-14(7-6-13(11)3-2-8-16)15-19(17,18)10-12-4-5-12/h6-7,9,12,15-16H,4-5,8,10H2,1H3. The van der Waals surface area contributed by atoms with E-state index in [1.165, 1.54) is 0 Å². The van der Waals surface area contributed by atoms with Gasteiger partial charge in [-0.15, -0.1) is 0 Å². The van der Waals surface area contributed by atoms with E-state index in [-0.39, 0.29) is 12.4 Å². The maximum absolute atomic E-state index is 11.8. The van der Waals surface area contributed by atoms with Crippen molar-refractivity contribution in [2.45, 2.75) is 19.8 Å². The van der Waals surface area contributed by atoms with Crippen LogP contribution < -0.4 is 4.72 Å². The third-order valence-corrected chi connectivity index (χ3v) is 4.41.